The molecule has 0 radical (unpaired) electrons. The first-order valence-electron chi connectivity index (χ1n) is 7.66. The van der Waals surface area contributed by atoms with E-state index in [9.17, 15) is 0 Å². The summed E-state index contributed by atoms with van der Waals surface area (Å²) in [5.74, 6) is 1.76. The Morgan fingerprint density at radius 2 is 2.30 bits per heavy atom. The van der Waals surface area contributed by atoms with Crippen LogP contribution in [0.25, 0.3) is 0 Å². The van der Waals surface area contributed by atoms with Crippen molar-refractivity contribution in [3.8, 4) is 0 Å². The smallest absolute Gasteiger partial charge is 0.0876 e. The van der Waals surface area contributed by atoms with Crippen LogP contribution in [0.15, 0.2) is 41.0 Å². The lowest BCUT2D eigenvalue weighted by Crippen LogP contribution is -2.38. The summed E-state index contributed by atoms with van der Waals surface area (Å²) in [6.45, 7) is 4.18. The minimum Gasteiger partial charge on any atom is -0.501 e. The van der Waals surface area contributed by atoms with E-state index < -0.39 is 0 Å². The van der Waals surface area contributed by atoms with Crippen LogP contribution in [-0.4, -0.2) is 24.9 Å². The first kappa shape index (κ1) is 14.0. The third kappa shape index (κ3) is 2.89. The molecular formula is C17H23NOS. The molecule has 0 saturated carbocycles. The quantitative estimate of drug-likeness (QED) is 0.887. The predicted octanol–water partition coefficient (Wildman–Crippen LogP) is 3.94. The molecule has 1 N–H and O–H groups in total. The summed E-state index contributed by atoms with van der Waals surface area (Å²) in [6.07, 6.45) is 5.51. The third-order valence-electron chi connectivity index (χ3n) is 4.12. The molecular weight excluding hydrogens is 266 g/mol. The maximum Gasteiger partial charge on any atom is 0.0876 e. The van der Waals surface area contributed by atoms with Crippen molar-refractivity contribution >= 4 is 11.8 Å². The van der Waals surface area contributed by atoms with Crippen molar-refractivity contribution in [2.45, 2.75) is 43.0 Å². The zero-order valence-electron chi connectivity index (χ0n) is 12.1. The zero-order valence-corrected chi connectivity index (χ0v) is 12.9. The van der Waals surface area contributed by atoms with Crippen LogP contribution >= 0.6 is 11.8 Å². The summed E-state index contributed by atoms with van der Waals surface area (Å²) in [5.41, 5.74) is 2.96. The first-order valence-corrected chi connectivity index (χ1v) is 8.64. The highest BCUT2D eigenvalue weighted by Crippen LogP contribution is 2.43. The highest BCUT2D eigenvalue weighted by Gasteiger charge is 2.32. The molecule has 2 aliphatic heterocycles. The highest BCUT2D eigenvalue weighted by atomic mass is 32.2. The maximum atomic E-state index is 5.58. The van der Waals surface area contributed by atoms with Gasteiger partial charge in [-0.3, -0.25) is 0 Å². The van der Waals surface area contributed by atoms with Gasteiger partial charge in [-0.05, 0) is 43.0 Å². The molecule has 2 aliphatic rings. The Morgan fingerprint density at radius 3 is 3.10 bits per heavy atom. The minimum absolute atomic E-state index is 0.436. The van der Waals surface area contributed by atoms with Crippen LogP contribution in [0.5, 0.6) is 0 Å². The number of fused-ring (bicyclic) bond motifs is 1. The van der Waals surface area contributed by atoms with Crippen LogP contribution in [0.3, 0.4) is 0 Å². The van der Waals surface area contributed by atoms with Crippen LogP contribution in [0, 0.1) is 0 Å². The fraction of sp³-hybridized carbons (Fsp3) is 0.529. The molecule has 20 heavy (non-hydrogen) atoms. The topological polar surface area (TPSA) is 21.3 Å². The summed E-state index contributed by atoms with van der Waals surface area (Å²) in [5, 5.41) is 3.76. The fourth-order valence-electron chi connectivity index (χ4n) is 3.11. The summed E-state index contributed by atoms with van der Waals surface area (Å²) >= 11 is 1.99. The SMILES string of the molecule is CCCNC(C1=COCCC1)C1CSc2ccccc21. The van der Waals surface area contributed by atoms with Crippen molar-refractivity contribution < 1.29 is 4.74 Å². The number of hydrogen-bond acceptors (Lipinski definition) is 3. The van der Waals surface area contributed by atoms with Gasteiger partial charge in [-0.15, -0.1) is 11.8 Å². The number of hydrogen-bond donors (Lipinski definition) is 1. The van der Waals surface area contributed by atoms with Crippen LogP contribution in [0.4, 0.5) is 0 Å². The van der Waals surface area contributed by atoms with E-state index >= 15 is 0 Å². The Balaban J connectivity index is 1.84. The number of ether oxygens (including phenoxy) is 1. The van der Waals surface area contributed by atoms with Crippen molar-refractivity contribution in [2.24, 2.45) is 0 Å². The van der Waals surface area contributed by atoms with E-state index in [1.807, 2.05) is 18.0 Å². The molecule has 1 aromatic rings. The van der Waals surface area contributed by atoms with Crippen LogP contribution in [0.2, 0.25) is 0 Å². The van der Waals surface area contributed by atoms with Crippen molar-refractivity contribution in [2.75, 3.05) is 18.9 Å². The molecule has 0 amide bonds. The summed E-state index contributed by atoms with van der Waals surface area (Å²) in [6, 6.07) is 9.30. The third-order valence-corrected chi connectivity index (χ3v) is 5.32. The summed E-state index contributed by atoms with van der Waals surface area (Å²) < 4.78 is 5.58. The average Bonchev–Trinajstić information content (AvgIpc) is 2.93. The molecule has 3 rings (SSSR count). The number of benzene rings is 1. The first-order chi connectivity index (χ1) is 9.90. The van der Waals surface area contributed by atoms with Crippen molar-refractivity contribution in [1.82, 2.24) is 5.32 Å². The van der Waals surface area contributed by atoms with Gasteiger partial charge in [-0.1, -0.05) is 25.1 Å². The molecule has 0 aliphatic carbocycles. The van der Waals surface area contributed by atoms with Gasteiger partial charge in [0.1, 0.15) is 0 Å². The second-order valence-corrected chi connectivity index (χ2v) is 6.62. The lowest BCUT2D eigenvalue weighted by atomic mass is 9.86. The minimum atomic E-state index is 0.436. The molecule has 0 saturated heterocycles. The number of nitrogens with one attached hydrogen (secondary N) is 1. The monoisotopic (exact) mass is 289 g/mol. The number of rotatable bonds is 5. The Kier molecular flexibility index (Phi) is 4.69. The predicted molar refractivity (Wildman–Crippen MR) is 85.3 cm³/mol. The van der Waals surface area contributed by atoms with E-state index in [0.29, 0.717) is 12.0 Å². The Morgan fingerprint density at radius 1 is 1.40 bits per heavy atom. The molecule has 0 bridgehead atoms. The van der Waals surface area contributed by atoms with Gasteiger partial charge < -0.3 is 10.1 Å². The molecule has 2 unspecified atom stereocenters. The maximum absolute atomic E-state index is 5.58. The van der Waals surface area contributed by atoms with E-state index in [1.165, 1.54) is 34.6 Å². The van der Waals surface area contributed by atoms with E-state index in [1.54, 1.807) is 0 Å². The van der Waals surface area contributed by atoms with Crippen molar-refractivity contribution in [1.29, 1.82) is 0 Å². The van der Waals surface area contributed by atoms with E-state index in [-0.39, 0.29) is 0 Å². The van der Waals surface area contributed by atoms with Gasteiger partial charge in [0.25, 0.3) is 0 Å². The standard InChI is InChI=1S/C17H23NOS/c1-2-9-18-17(13-6-5-10-19-11-13)15-12-20-16-8-4-3-7-14(15)16/h3-4,7-8,11,15,17-18H,2,5-6,9-10,12H2,1H3. The summed E-state index contributed by atoms with van der Waals surface area (Å²) in [4.78, 5) is 1.46. The van der Waals surface area contributed by atoms with Gasteiger partial charge in [0.2, 0.25) is 0 Å². The number of thioether (sulfide) groups is 1. The molecule has 2 nitrogen and oxygen atoms in total. The van der Waals surface area contributed by atoms with Crippen LogP contribution in [-0.2, 0) is 4.74 Å². The van der Waals surface area contributed by atoms with Crippen LogP contribution < -0.4 is 5.32 Å². The lowest BCUT2D eigenvalue weighted by molar-refractivity contribution is 0.217. The van der Waals surface area contributed by atoms with Gasteiger partial charge in [-0.25, -0.2) is 0 Å². The Hall–Kier alpha value is -0.930. The Bertz CT molecular complexity index is 486. The van der Waals surface area contributed by atoms with Gasteiger partial charge in [0, 0.05) is 22.6 Å². The van der Waals surface area contributed by atoms with E-state index in [4.69, 9.17) is 4.74 Å². The molecule has 0 fully saturated rings. The van der Waals surface area contributed by atoms with E-state index in [2.05, 4.69) is 36.5 Å². The van der Waals surface area contributed by atoms with Crippen molar-refractivity contribution in [3.63, 3.8) is 0 Å². The molecule has 1 aromatic carbocycles. The van der Waals surface area contributed by atoms with Crippen LogP contribution in [0.1, 0.15) is 37.7 Å². The second kappa shape index (κ2) is 6.68. The average molecular weight is 289 g/mol. The van der Waals surface area contributed by atoms with Gasteiger partial charge in [-0.2, -0.15) is 0 Å². The van der Waals surface area contributed by atoms with Gasteiger partial charge >= 0.3 is 0 Å². The van der Waals surface area contributed by atoms with Crippen molar-refractivity contribution in [3.05, 3.63) is 41.7 Å². The second-order valence-electron chi connectivity index (χ2n) is 5.55. The summed E-state index contributed by atoms with van der Waals surface area (Å²) in [7, 11) is 0. The molecule has 0 spiro atoms. The molecule has 0 aromatic heterocycles. The Labute approximate surface area is 126 Å². The molecule has 2 heterocycles. The molecule has 3 heteroatoms. The van der Waals surface area contributed by atoms with Gasteiger partial charge in [0.05, 0.1) is 12.9 Å². The highest BCUT2D eigenvalue weighted by molar-refractivity contribution is 7.99. The van der Waals surface area contributed by atoms with Gasteiger partial charge in [0.15, 0.2) is 0 Å². The fourth-order valence-corrected chi connectivity index (χ4v) is 4.40. The molecule has 2 atom stereocenters. The largest absolute Gasteiger partial charge is 0.501 e. The molecule has 108 valence electrons. The normalized spacial score (nSPS) is 22.9. The van der Waals surface area contributed by atoms with E-state index in [0.717, 1.165) is 19.6 Å². The zero-order chi connectivity index (χ0) is 13.8. The lowest BCUT2D eigenvalue weighted by Gasteiger charge is -2.29.